The van der Waals surface area contributed by atoms with E-state index in [2.05, 4.69) is 5.32 Å². The van der Waals surface area contributed by atoms with Gasteiger partial charge in [-0.2, -0.15) is 13.2 Å². The molecule has 3 rings (SSSR count). The Morgan fingerprint density at radius 3 is 2.47 bits per heavy atom. The largest absolute Gasteiger partial charge is 0.466 e. The van der Waals surface area contributed by atoms with Gasteiger partial charge in [0.25, 0.3) is 5.91 Å². The average Bonchev–Trinajstić information content (AvgIpc) is 3.03. The fourth-order valence-corrected chi connectivity index (χ4v) is 3.11. The molecule has 0 fully saturated rings. The van der Waals surface area contributed by atoms with Gasteiger partial charge in [-0.25, -0.2) is 4.79 Å². The zero-order valence-electron chi connectivity index (χ0n) is 16.0. The lowest BCUT2D eigenvalue weighted by Gasteiger charge is -2.15. The topological polar surface area (TPSA) is 78.9 Å². The van der Waals surface area contributed by atoms with Crippen LogP contribution in [0.5, 0.6) is 0 Å². The number of hydrogen-bond acceptors (Lipinski definition) is 5. The molecule has 1 aliphatic rings. The first kappa shape index (κ1) is 21.4. The van der Waals surface area contributed by atoms with Crippen LogP contribution in [0.1, 0.15) is 5.56 Å². The van der Waals surface area contributed by atoms with Crippen molar-refractivity contribution >= 4 is 17.6 Å². The summed E-state index contributed by atoms with van der Waals surface area (Å²) in [6.45, 7) is -0.172. The van der Waals surface area contributed by atoms with Gasteiger partial charge in [0.1, 0.15) is 5.70 Å². The minimum Gasteiger partial charge on any atom is -0.466 e. The van der Waals surface area contributed by atoms with Crippen LogP contribution in [0.2, 0.25) is 0 Å². The van der Waals surface area contributed by atoms with Gasteiger partial charge in [-0.05, 0) is 35.4 Å². The van der Waals surface area contributed by atoms with Crippen LogP contribution in [0, 0.1) is 0 Å². The van der Waals surface area contributed by atoms with Crippen LogP contribution in [0.3, 0.4) is 0 Å². The number of hydrogen-bond donors (Lipinski definition) is 2. The van der Waals surface area contributed by atoms with Crippen LogP contribution in [-0.2, 0) is 20.5 Å². The number of esters is 1. The second-order valence-electron chi connectivity index (χ2n) is 6.58. The van der Waals surface area contributed by atoms with Gasteiger partial charge < -0.3 is 20.1 Å². The molecule has 0 saturated heterocycles. The van der Waals surface area contributed by atoms with Crippen LogP contribution >= 0.6 is 0 Å². The fourth-order valence-electron chi connectivity index (χ4n) is 3.11. The van der Waals surface area contributed by atoms with Crippen molar-refractivity contribution in [1.29, 1.82) is 0 Å². The van der Waals surface area contributed by atoms with E-state index in [1.54, 1.807) is 30.3 Å². The SMILES string of the molecule is COC(=O)C1=C(Nc2ccc(-c3cccc(C(F)(F)F)c3)cc2)C(=O)N(CCO)C1. The molecule has 0 saturated carbocycles. The molecule has 1 amide bonds. The number of nitrogens with zero attached hydrogens (tertiary/aromatic N) is 1. The predicted octanol–water partition coefficient (Wildman–Crippen LogP) is 3.05. The predicted molar refractivity (Wildman–Crippen MR) is 103 cm³/mol. The molecule has 1 heterocycles. The van der Waals surface area contributed by atoms with Crippen molar-refractivity contribution in [2.24, 2.45) is 0 Å². The third-order valence-corrected chi connectivity index (χ3v) is 4.63. The first-order valence-corrected chi connectivity index (χ1v) is 9.01. The number of halogens is 3. The standard InChI is InChI=1S/C21H19F3N2O4/c1-30-20(29)17-12-26(9-10-27)19(28)18(17)25-16-7-5-13(6-8-16)14-3-2-4-15(11-14)21(22,23)24/h2-8,11,25,27H,9-10,12H2,1H3. The molecular formula is C21H19F3N2O4. The van der Waals surface area contributed by atoms with E-state index in [4.69, 9.17) is 9.84 Å². The number of nitrogens with one attached hydrogen (secondary N) is 1. The van der Waals surface area contributed by atoms with Gasteiger partial charge in [-0.15, -0.1) is 0 Å². The second-order valence-corrected chi connectivity index (χ2v) is 6.58. The second kappa shape index (κ2) is 8.58. The van der Waals surface area contributed by atoms with Crippen molar-refractivity contribution in [3.05, 3.63) is 65.4 Å². The maximum atomic E-state index is 12.9. The number of carbonyl (C=O) groups excluding carboxylic acids is 2. The van der Waals surface area contributed by atoms with Crippen molar-refractivity contribution in [3.63, 3.8) is 0 Å². The van der Waals surface area contributed by atoms with Gasteiger partial charge in [0.05, 0.1) is 31.4 Å². The Hall–Kier alpha value is -3.33. The molecule has 0 bridgehead atoms. The summed E-state index contributed by atoms with van der Waals surface area (Å²) in [7, 11) is 1.20. The monoisotopic (exact) mass is 420 g/mol. The minimum atomic E-state index is -4.43. The maximum absolute atomic E-state index is 12.9. The Bertz CT molecular complexity index is 984. The van der Waals surface area contributed by atoms with E-state index < -0.39 is 23.6 Å². The molecule has 0 spiro atoms. The van der Waals surface area contributed by atoms with Crippen molar-refractivity contribution < 1.29 is 32.6 Å². The van der Waals surface area contributed by atoms with Crippen molar-refractivity contribution in [2.75, 3.05) is 32.1 Å². The molecule has 0 atom stereocenters. The third-order valence-electron chi connectivity index (χ3n) is 4.63. The number of alkyl halides is 3. The fraction of sp³-hybridized carbons (Fsp3) is 0.238. The molecular weight excluding hydrogens is 401 g/mol. The number of methoxy groups -OCH3 is 1. The summed E-state index contributed by atoms with van der Waals surface area (Å²) in [4.78, 5) is 25.9. The third kappa shape index (κ3) is 4.46. The normalized spacial score (nSPS) is 14.3. The molecule has 0 aliphatic carbocycles. The highest BCUT2D eigenvalue weighted by Crippen LogP contribution is 2.32. The van der Waals surface area contributed by atoms with E-state index in [0.29, 0.717) is 16.8 Å². The highest BCUT2D eigenvalue weighted by Gasteiger charge is 2.34. The number of benzene rings is 2. The zero-order chi connectivity index (χ0) is 21.9. The van der Waals surface area contributed by atoms with E-state index in [0.717, 1.165) is 12.1 Å². The average molecular weight is 420 g/mol. The highest BCUT2D eigenvalue weighted by molar-refractivity contribution is 6.08. The molecule has 0 unspecified atom stereocenters. The highest BCUT2D eigenvalue weighted by atomic mass is 19.4. The van der Waals surface area contributed by atoms with Gasteiger partial charge in [-0.3, -0.25) is 4.79 Å². The Balaban J connectivity index is 1.84. The van der Waals surface area contributed by atoms with Crippen LogP contribution in [0.25, 0.3) is 11.1 Å². The number of aliphatic hydroxyl groups is 1. The van der Waals surface area contributed by atoms with E-state index in [1.165, 1.54) is 18.1 Å². The summed E-state index contributed by atoms with van der Waals surface area (Å²) in [6, 6.07) is 11.4. The number of rotatable bonds is 6. The number of aliphatic hydroxyl groups excluding tert-OH is 1. The van der Waals surface area contributed by atoms with Gasteiger partial charge in [0, 0.05) is 12.2 Å². The molecule has 2 aromatic rings. The Labute approximate surface area is 170 Å². The van der Waals surface area contributed by atoms with Crippen LogP contribution in [-0.4, -0.2) is 48.7 Å². The van der Waals surface area contributed by atoms with Crippen molar-refractivity contribution in [3.8, 4) is 11.1 Å². The summed E-state index contributed by atoms with van der Waals surface area (Å²) < 4.78 is 43.5. The lowest BCUT2D eigenvalue weighted by molar-refractivity contribution is -0.138. The first-order valence-electron chi connectivity index (χ1n) is 9.01. The summed E-state index contributed by atoms with van der Waals surface area (Å²) in [5, 5.41) is 12.0. The molecule has 158 valence electrons. The molecule has 2 N–H and O–H groups in total. The van der Waals surface area contributed by atoms with Crippen molar-refractivity contribution in [1.82, 2.24) is 4.90 Å². The molecule has 2 aromatic carbocycles. The lowest BCUT2D eigenvalue weighted by atomic mass is 10.0. The summed E-state index contributed by atoms with van der Waals surface area (Å²) >= 11 is 0. The lowest BCUT2D eigenvalue weighted by Crippen LogP contribution is -2.31. The van der Waals surface area contributed by atoms with Gasteiger partial charge in [0.15, 0.2) is 0 Å². The molecule has 30 heavy (non-hydrogen) atoms. The minimum absolute atomic E-state index is 0.0106. The number of anilines is 1. The summed E-state index contributed by atoms with van der Waals surface area (Å²) in [5.41, 5.74) is 0.877. The van der Waals surface area contributed by atoms with E-state index in [9.17, 15) is 22.8 Å². The van der Waals surface area contributed by atoms with Gasteiger partial charge in [-0.1, -0.05) is 24.3 Å². The number of β-amino-alcohol motifs (C(OH)–C–C–N with tert-alkyl or cyclic N) is 1. The van der Waals surface area contributed by atoms with Gasteiger partial charge >= 0.3 is 12.1 Å². The summed E-state index contributed by atoms with van der Waals surface area (Å²) in [5.74, 6) is -1.11. The smallest absolute Gasteiger partial charge is 0.416 e. The van der Waals surface area contributed by atoms with Crippen LogP contribution in [0.4, 0.5) is 18.9 Å². The number of ether oxygens (including phenoxy) is 1. The van der Waals surface area contributed by atoms with E-state index in [-0.39, 0.29) is 31.0 Å². The molecule has 0 radical (unpaired) electrons. The Kier molecular flexibility index (Phi) is 6.12. The zero-order valence-corrected chi connectivity index (χ0v) is 16.0. The number of carbonyl (C=O) groups is 2. The maximum Gasteiger partial charge on any atom is 0.416 e. The molecule has 1 aliphatic heterocycles. The van der Waals surface area contributed by atoms with Crippen LogP contribution in [0.15, 0.2) is 59.8 Å². The number of amides is 1. The van der Waals surface area contributed by atoms with E-state index >= 15 is 0 Å². The summed E-state index contributed by atoms with van der Waals surface area (Å²) in [6.07, 6.45) is -4.43. The van der Waals surface area contributed by atoms with Gasteiger partial charge in [0.2, 0.25) is 0 Å². The Morgan fingerprint density at radius 2 is 1.87 bits per heavy atom. The quantitative estimate of drug-likeness (QED) is 0.703. The molecule has 9 heteroatoms. The molecule has 0 aromatic heterocycles. The first-order chi connectivity index (χ1) is 14.2. The van der Waals surface area contributed by atoms with E-state index in [1.807, 2.05) is 0 Å². The Morgan fingerprint density at radius 1 is 1.17 bits per heavy atom. The van der Waals surface area contributed by atoms with Crippen molar-refractivity contribution in [2.45, 2.75) is 6.18 Å². The van der Waals surface area contributed by atoms with Crippen LogP contribution < -0.4 is 5.32 Å². The molecule has 6 nitrogen and oxygen atoms in total.